The Hall–Kier alpha value is -3.75. The van der Waals surface area contributed by atoms with E-state index in [9.17, 15) is 18.4 Å². The molecule has 0 saturated carbocycles. The lowest BCUT2D eigenvalue weighted by atomic mass is 10.1. The Morgan fingerprint density at radius 1 is 1.14 bits per heavy atom. The molecular weight excluding hydrogens is 384 g/mol. The van der Waals surface area contributed by atoms with Crippen LogP contribution >= 0.6 is 0 Å². The minimum Gasteiger partial charge on any atom is -0.465 e. The smallest absolute Gasteiger partial charge is 0.387 e. The van der Waals surface area contributed by atoms with E-state index in [2.05, 4.69) is 15.2 Å². The number of ether oxygens (including phenoxy) is 2. The largest absolute Gasteiger partial charge is 0.465 e. The van der Waals surface area contributed by atoms with Gasteiger partial charge in [-0.25, -0.2) is 4.79 Å². The van der Waals surface area contributed by atoms with E-state index < -0.39 is 18.5 Å². The van der Waals surface area contributed by atoms with Crippen molar-refractivity contribution in [1.82, 2.24) is 9.78 Å². The average Bonchev–Trinajstić information content (AvgIpc) is 3.14. The Labute approximate surface area is 164 Å². The molecule has 0 saturated heterocycles. The topological polar surface area (TPSA) is 82.5 Å². The van der Waals surface area contributed by atoms with Crippen molar-refractivity contribution in [2.45, 2.75) is 13.2 Å². The molecule has 0 unspecified atom stereocenters. The summed E-state index contributed by atoms with van der Waals surface area (Å²) in [6, 6.07) is 12.3. The van der Waals surface area contributed by atoms with E-state index in [1.807, 2.05) is 0 Å². The number of alkyl halides is 2. The highest BCUT2D eigenvalue weighted by molar-refractivity contribution is 6.04. The second kappa shape index (κ2) is 8.96. The number of halogens is 2. The van der Waals surface area contributed by atoms with Crippen molar-refractivity contribution in [2.24, 2.45) is 0 Å². The number of carbonyl (C=O) groups is 2. The van der Waals surface area contributed by atoms with Crippen LogP contribution in [0.3, 0.4) is 0 Å². The molecule has 2 aromatic carbocycles. The van der Waals surface area contributed by atoms with Crippen molar-refractivity contribution in [3.05, 3.63) is 77.6 Å². The molecule has 0 fully saturated rings. The highest BCUT2D eigenvalue weighted by atomic mass is 19.3. The Morgan fingerprint density at radius 2 is 1.86 bits per heavy atom. The Balaban J connectivity index is 1.66. The van der Waals surface area contributed by atoms with Crippen LogP contribution in [0.1, 0.15) is 26.3 Å². The maximum absolute atomic E-state index is 12.3. The number of aromatic nitrogens is 2. The predicted octanol–water partition coefficient (Wildman–Crippen LogP) is 3.57. The molecule has 1 amide bonds. The van der Waals surface area contributed by atoms with Crippen molar-refractivity contribution >= 4 is 17.6 Å². The molecule has 1 N–H and O–H groups in total. The lowest BCUT2D eigenvalue weighted by Gasteiger charge is -2.08. The Bertz CT molecular complexity index is 1000. The van der Waals surface area contributed by atoms with Crippen molar-refractivity contribution in [2.75, 3.05) is 12.4 Å². The van der Waals surface area contributed by atoms with Crippen LogP contribution in [0.15, 0.2) is 60.9 Å². The summed E-state index contributed by atoms with van der Waals surface area (Å²) in [5.41, 5.74) is 1.87. The number of hydrogen-bond acceptors (Lipinski definition) is 5. The molecule has 0 aliphatic carbocycles. The van der Waals surface area contributed by atoms with Crippen LogP contribution in [0.5, 0.6) is 5.75 Å². The van der Waals surface area contributed by atoms with Crippen LogP contribution in [0, 0.1) is 0 Å². The molecular formula is C20H17F2N3O4. The van der Waals surface area contributed by atoms with E-state index in [1.54, 1.807) is 35.1 Å². The van der Waals surface area contributed by atoms with Crippen LogP contribution in [-0.4, -0.2) is 35.4 Å². The summed E-state index contributed by atoms with van der Waals surface area (Å²) in [5.74, 6) is -0.905. The third-order valence-electron chi connectivity index (χ3n) is 3.99. The molecule has 3 rings (SSSR count). The minimum atomic E-state index is -2.93. The molecule has 0 atom stereocenters. The number of rotatable bonds is 7. The summed E-state index contributed by atoms with van der Waals surface area (Å²) < 4.78 is 34.9. The van der Waals surface area contributed by atoms with Crippen molar-refractivity contribution in [3.8, 4) is 5.75 Å². The van der Waals surface area contributed by atoms with E-state index in [1.165, 1.54) is 37.6 Å². The fourth-order valence-electron chi connectivity index (χ4n) is 2.65. The van der Waals surface area contributed by atoms with Crippen LogP contribution in [0.4, 0.5) is 14.5 Å². The van der Waals surface area contributed by atoms with Gasteiger partial charge in [0.2, 0.25) is 0 Å². The van der Waals surface area contributed by atoms with Gasteiger partial charge in [-0.05, 0) is 35.9 Å². The summed E-state index contributed by atoms with van der Waals surface area (Å²) in [6.07, 6.45) is 3.08. The molecule has 0 bridgehead atoms. The minimum absolute atomic E-state index is 0.0337. The lowest BCUT2D eigenvalue weighted by Crippen LogP contribution is -2.12. The van der Waals surface area contributed by atoms with E-state index in [0.717, 1.165) is 5.56 Å². The standard InChI is InChI=1S/C20H17F2N3O4/c1-28-19(27)17-5-3-2-4-14(17)11-25-12-15(10-23-25)24-18(26)13-6-8-16(9-7-13)29-20(21)22/h2-10,12,20H,11H2,1H3,(H,24,26). The molecule has 150 valence electrons. The zero-order chi connectivity index (χ0) is 20.8. The second-order valence-corrected chi connectivity index (χ2v) is 5.93. The lowest BCUT2D eigenvalue weighted by molar-refractivity contribution is -0.0498. The first-order valence-corrected chi connectivity index (χ1v) is 8.51. The van der Waals surface area contributed by atoms with Gasteiger partial charge in [-0.3, -0.25) is 9.48 Å². The summed E-state index contributed by atoms with van der Waals surface area (Å²) >= 11 is 0. The molecule has 9 heteroatoms. The van der Waals surface area contributed by atoms with Gasteiger partial charge in [-0.1, -0.05) is 18.2 Å². The first kappa shape index (κ1) is 20.0. The second-order valence-electron chi connectivity index (χ2n) is 5.93. The molecule has 0 aliphatic heterocycles. The molecule has 0 radical (unpaired) electrons. The SMILES string of the molecule is COC(=O)c1ccccc1Cn1cc(NC(=O)c2ccc(OC(F)F)cc2)cn1. The number of hydrogen-bond donors (Lipinski definition) is 1. The third kappa shape index (κ3) is 5.16. The monoisotopic (exact) mass is 401 g/mol. The van der Waals surface area contributed by atoms with Gasteiger partial charge >= 0.3 is 12.6 Å². The summed E-state index contributed by atoms with van der Waals surface area (Å²) in [7, 11) is 1.31. The number of esters is 1. The van der Waals surface area contributed by atoms with Crippen molar-refractivity contribution < 1.29 is 27.8 Å². The van der Waals surface area contributed by atoms with Gasteiger partial charge in [-0.2, -0.15) is 13.9 Å². The van der Waals surface area contributed by atoms with Gasteiger partial charge in [0.15, 0.2) is 0 Å². The Kier molecular flexibility index (Phi) is 6.18. The normalized spacial score (nSPS) is 10.6. The Morgan fingerprint density at radius 3 is 2.55 bits per heavy atom. The zero-order valence-corrected chi connectivity index (χ0v) is 15.3. The van der Waals surface area contributed by atoms with Gasteiger partial charge in [0.1, 0.15) is 5.75 Å². The van der Waals surface area contributed by atoms with Crippen molar-refractivity contribution in [1.29, 1.82) is 0 Å². The molecule has 1 heterocycles. The van der Waals surface area contributed by atoms with Crippen LogP contribution < -0.4 is 10.1 Å². The maximum atomic E-state index is 12.3. The zero-order valence-electron chi connectivity index (χ0n) is 15.3. The maximum Gasteiger partial charge on any atom is 0.387 e. The highest BCUT2D eigenvalue weighted by Gasteiger charge is 2.13. The molecule has 29 heavy (non-hydrogen) atoms. The predicted molar refractivity (Wildman–Crippen MR) is 100 cm³/mol. The highest BCUT2D eigenvalue weighted by Crippen LogP contribution is 2.17. The first-order chi connectivity index (χ1) is 14.0. The van der Waals surface area contributed by atoms with Crippen LogP contribution in [0.2, 0.25) is 0 Å². The summed E-state index contributed by atoms with van der Waals surface area (Å²) in [4.78, 5) is 24.2. The van der Waals surface area contributed by atoms with E-state index >= 15 is 0 Å². The van der Waals surface area contributed by atoms with Crippen molar-refractivity contribution in [3.63, 3.8) is 0 Å². The molecule has 0 spiro atoms. The molecule has 3 aromatic rings. The van der Waals surface area contributed by atoms with E-state index in [4.69, 9.17) is 4.74 Å². The number of methoxy groups -OCH3 is 1. The number of benzene rings is 2. The van der Waals surface area contributed by atoms with E-state index in [0.29, 0.717) is 17.8 Å². The quantitative estimate of drug-likeness (QED) is 0.612. The fourth-order valence-corrected chi connectivity index (χ4v) is 2.65. The van der Waals surface area contributed by atoms with Crippen LogP contribution in [0.25, 0.3) is 0 Å². The van der Waals surface area contributed by atoms with Gasteiger partial charge in [0.05, 0.1) is 31.1 Å². The number of amides is 1. The average molecular weight is 401 g/mol. The summed E-state index contributed by atoms with van der Waals surface area (Å²) in [6.45, 7) is -2.62. The van der Waals surface area contributed by atoms with Gasteiger partial charge in [-0.15, -0.1) is 0 Å². The third-order valence-corrected chi connectivity index (χ3v) is 3.99. The molecule has 1 aromatic heterocycles. The number of nitrogens with zero attached hydrogens (tertiary/aromatic N) is 2. The van der Waals surface area contributed by atoms with Gasteiger partial charge < -0.3 is 14.8 Å². The van der Waals surface area contributed by atoms with Crippen LogP contribution in [-0.2, 0) is 11.3 Å². The van der Waals surface area contributed by atoms with E-state index in [-0.39, 0.29) is 11.3 Å². The fraction of sp³-hybridized carbons (Fsp3) is 0.150. The summed E-state index contributed by atoms with van der Waals surface area (Å²) in [5, 5.41) is 6.85. The number of nitrogens with one attached hydrogen (secondary N) is 1. The molecule has 7 nitrogen and oxygen atoms in total. The molecule has 0 aliphatic rings. The number of carbonyl (C=O) groups excluding carboxylic acids is 2. The first-order valence-electron chi connectivity index (χ1n) is 8.51. The van der Waals surface area contributed by atoms with Gasteiger partial charge in [0, 0.05) is 11.8 Å². The number of anilines is 1. The van der Waals surface area contributed by atoms with Gasteiger partial charge in [0.25, 0.3) is 5.91 Å².